The normalized spacial score (nSPS) is 9.88. The van der Waals surface area contributed by atoms with Crippen molar-refractivity contribution in [2.75, 3.05) is 18.7 Å². The second-order valence-corrected chi connectivity index (χ2v) is 4.65. The Hall–Kier alpha value is -3.06. The lowest BCUT2D eigenvalue weighted by atomic mass is 10.2. The number of hydrogen-bond acceptors (Lipinski definition) is 6. The number of anilines is 1. The molecule has 2 rings (SSSR count). The topological polar surface area (TPSA) is 94.1 Å². The second-order valence-electron chi connectivity index (χ2n) is 4.65. The van der Waals surface area contributed by atoms with Gasteiger partial charge >= 0.3 is 12.1 Å². The molecule has 0 heterocycles. The van der Waals surface area contributed by atoms with Crippen molar-refractivity contribution in [1.82, 2.24) is 0 Å². The summed E-state index contributed by atoms with van der Waals surface area (Å²) in [6, 6.07) is 15.8. The zero-order valence-corrected chi connectivity index (χ0v) is 12.8. The molecule has 2 N–H and O–H groups in total. The van der Waals surface area contributed by atoms with Crippen LogP contribution in [0.3, 0.4) is 0 Å². The van der Waals surface area contributed by atoms with Gasteiger partial charge < -0.3 is 19.3 Å². The molecular formula is C17H17NO6. The van der Waals surface area contributed by atoms with E-state index in [9.17, 15) is 9.59 Å². The highest BCUT2D eigenvalue weighted by Crippen LogP contribution is 2.17. The Labute approximate surface area is 138 Å². The van der Waals surface area contributed by atoms with Crippen LogP contribution in [0.25, 0.3) is 0 Å². The maximum atomic E-state index is 11.8. The van der Waals surface area contributed by atoms with E-state index in [0.717, 1.165) is 5.56 Å². The van der Waals surface area contributed by atoms with E-state index in [2.05, 4.69) is 10.1 Å². The van der Waals surface area contributed by atoms with Crippen LogP contribution in [0.5, 0.6) is 5.75 Å². The number of carbonyl (C=O) groups excluding carboxylic acids is 2. The summed E-state index contributed by atoms with van der Waals surface area (Å²) in [4.78, 5) is 22.9. The minimum atomic E-state index is -0.697. The largest absolute Gasteiger partial charge is 0.482 e. The number of aliphatic hydroxyl groups is 1. The number of rotatable bonds is 7. The number of ether oxygens (including phenoxy) is 3. The van der Waals surface area contributed by atoms with Crippen LogP contribution >= 0.6 is 0 Å². The Bertz CT molecular complexity index is 674. The van der Waals surface area contributed by atoms with Crippen LogP contribution in [0.1, 0.15) is 5.56 Å². The Morgan fingerprint density at radius 2 is 1.79 bits per heavy atom. The van der Waals surface area contributed by atoms with Gasteiger partial charge in [-0.2, -0.15) is 0 Å². The number of benzene rings is 2. The minimum absolute atomic E-state index is 0.163. The van der Waals surface area contributed by atoms with E-state index in [1.165, 1.54) is 6.07 Å². The number of aliphatic hydroxyl groups excluding tert-OH is 1. The summed E-state index contributed by atoms with van der Waals surface area (Å²) >= 11 is 0. The number of hydrogen-bond donors (Lipinski definition) is 2. The second kappa shape index (κ2) is 9.16. The standard InChI is InChI=1S/C17H17NO6/c19-12-24-16(20)11-22-15-8-4-7-14(9-15)18-17(21)23-10-13-5-2-1-3-6-13/h1-9,19H,10-12H2,(H,18,21). The summed E-state index contributed by atoms with van der Waals surface area (Å²) in [6.45, 7) is -0.880. The van der Waals surface area contributed by atoms with E-state index in [-0.39, 0.29) is 13.2 Å². The maximum absolute atomic E-state index is 11.8. The zero-order valence-electron chi connectivity index (χ0n) is 12.8. The van der Waals surface area contributed by atoms with Gasteiger partial charge in [0, 0.05) is 11.8 Å². The third-order valence-electron chi connectivity index (χ3n) is 2.88. The van der Waals surface area contributed by atoms with Crippen molar-refractivity contribution in [2.24, 2.45) is 0 Å². The fourth-order valence-corrected chi connectivity index (χ4v) is 1.80. The van der Waals surface area contributed by atoms with Crippen LogP contribution in [-0.2, 0) is 20.9 Å². The minimum Gasteiger partial charge on any atom is -0.482 e. The number of esters is 1. The molecule has 24 heavy (non-hydrogen) atoms. The Morgan fingerprint density at radius 3 is 2.54 bits per heavy atom. The van der Waals surface area contributed by atoms with Gasteiger partial charge in [0.15, 0.2) is 13.4 Å². The van der Waals surface area contributed by atoms with Crippen molar-refractivity contribution in [2.45, 2.75) is 6.61 Å². The Balaban J connectivity index is 1.82. The van der Waals surface area contributed by atoms with Crippen molar-refractivity contribution in [3.63, 3.8) is 0 Å². The first-order valence-electron chi connectivity index (χ1n) is 7.14. The molecule has 0 saturated heterocycles. The Morgan fingerprint density at radius 1 is 1.00 bits per heavy atom. The molecule has 0 aliphatic carbocycles. The van der Waals surface area contributed by atoms with Gasteiger partial charge in [0.1, 0.15) is 12.4 Å². The van der Waals surface area contributed by atoms with Crippen molar-refractivity contribution in [3.05, 3.63) is 60.2 Å². The van der Waals surface area contributed by atoms with E-state index in [1.807, 2.05) is 30.3 Å². The van der Waals surface area contributed by atoms with E-state index in [0.29, 0.717) is 11.4 Å². The molecule has 2 aromatic rings. The molecule has 126 valence electrons. The summed E-state index contributed by atoms with van der Waals surface area (Å²) in [5.41, 5.74) is 1.34. The zero-order chi connectivity index (χ0) is 17.2. The molecule has 0 spiro atoms. The first kappa shape index (κ1) is 17.3. The molecule has 0 bridgehead atoms. The van der Waals surface area contributed by atoms with Crippen LogP contribution < -0.4 is 10.1 Å². The van der Waals surface area contributed by atoms with E-state index in [1.54, 1.807) is 18.2 Å². The molecule has 1 amide bonds. The predicted octanol–water partition coefficient (Wildman–Crippen LogP) is 2.31. The molecule has 0 saturated carbocycles. The third-order valence-corrected chi connectivity index (χ3v) is 2.88. The Kier molecular flexibility index (Phi) is 6.60. The summed E-state index contributed by atoms with van der Waals surface area (Å²) in [5.74, 6) is -0.330. The summed E-state index contributed by atoms with van der Waals surface area (Å²) in [5, 5.41) is 11.0. The maximum Gasteiger partial charge on any atom is 0.411 e. The molecule has 7 nitrogen and oxygen atoms in total. The van der Waals surface area contributed by atoms with E-state index >= 15 is 0 Å². The lowest BCUT2D eigenvalue weighted by molar-refractivity contribution is -0.154. The SMILES string of the molecule is O=C(COc1cccc(NC(=O)OCc2ccccc2)c1)OCO. The van der Waals surface area contributed by atoms with Crippen LogP contribution in [0.2, 0.25) is 0 Å². The molecular weight excluding hydrogens is 314 g/mol. The van der Waals surface area contributed by atoms with Gasteiger partial charge in [0.05, 0.1) is 0 Å². The van der Waals surface area contributed by atoms with Crippen LogP contribution in [0.15, 0.2) is 54.6 Å². The molecule has 0 atom stereocenters. The van der Waals surface area contributed by atoms with Gasteiger partial charge in [-0.25, -0.2) is 9.59 Å². The fourth-order valence-electron chi connectivity index (χ4n) is 1.80. The first-order valence-corrected chi connectivity index (χ1v) is 7.14. The summed E-state index contributed by atoms with van der Waals surface area (Å²) < 4.78 is 14.6. The van der Waals surface area contributed by atoms with Crippen molar-refractivity contribution in [1.29, 1.82) is 0 Å². The van der Waals surface area contributed by atoms with Gasteiger partial charge in [0.25, 0.3) is 0 Å². The highest BCUT2D eigenvalue weighted by atomic mass is 16.6. The summed E-state index contributed by atoms with van der Waals surface area (Å²) in [6.07, 6.45) is -0.601. The van der Waals surface area contributed by atoms with E-state index < -0.39 is 18.9 Å². The third kappa shape index (κ3) is 5.98. The van der Waals surface area contributed by atoms with Crippen molar-refractivity contribution >= 4 is 17.7 Å². The van der Waals surface area contributed by atoms with Crippen LogP contribution in [-0.4, -0.2) is 30.6 Å². The van der Waals surface area contributed by atoms with Crippen LogP contribution in [0.4, 0.5) is 10.5 Å². The monoisotopic (exact) mass is 331 g/mol. The molecule has 0 aliphatic heterocycles. The molecule has 0 aromatic heterocycles. The highest BCUT2D eigenvalue weighted by Gasteiger charge is 2.07. The van der Waals surface area contributed by atoms with E-state index in [4.69, 9.17) is 14.6 Å². The molecule has 2 aromatic carbocycles. The highest BCUT2D eigenvalue weighted by molar-refractivity contribution is 5.84. The fraction of sp³-hybridized carbons (Fsp3) is 0.176. The molecule has 7 heteroatoms. The van der Waals surface area contributed by atoms with Crippen molar-refractivity contribution in [3.8, 4) is 5.75 Å². The lowest BCUT2D eigenvalue weighted by Gasteiger charge is -2.09. The summed E-state index contributed by atoms with van der Waals surface area (Å²) in [7, 11) is 0. The van der Waals surface area contributed by atoms with Gasteiger partial charge in [-0.15, -0.1) is 0 Å². The van der Waals surface area contributed by atoms with Gasteiger partial charge in [-0.1, -0.05) is 36.4 Å². The predicted molar refractivity (Wildman–Crippen MR) is 85.4 cm³/mol. The molecule has 0 aliphatic rings. The van der Waals surface area contributed by atoms with Gasteiger partial charge in [-0.05, 0) is 17.7 Å². The van der Waals surface area contributed by atoms with Gasteiger partial charge in [-0.3, -0.25) is 5.32 Å². The average molecular weight is 331 g/mol. The molecule has 0 unspecified atom stereocenters. The average Bonchev–Trinajstić information content (AvgIpc) is 2.60. The van der Waals surface area contributed by atoms with Gasteiger partial charge in [0.2, 0.25) is 0 Å². The number of nitrogens with one attached hydrogen (secondary N) is 1. The number of carbonyl (C=O) groups is 2. The van der Waals surface area contributed by atoms with Crippen LogP contribution in [0, 0.1) is 0 Å². The number of amides is 1. The molecule has 0 radical (unpaired) electrons. The molecule has 0 fully saturated rings. The van der Waals surface area contributed by atoms with Crippen molar-refractivity contribution < 1.29 is 28.9 Å². The first-order chi connectivity index (χ1) is 11.7. The smallest absolute Gasteiger partial charge is 0.411 e. The lowest BCUT2D eigenvalue weighted by Crippen LogP contribution is -2.16. The quantitative estimate of drug-likeness (QED) is 0.597.